The molecule has 0 bridgehead atoms. The zero-order valence-corrected chi connectivity index (χ0v) is 71.1. The molecule has 17 nitrogen and oxygen atoms in total. The summed E-state index contributed by atoms with van der Waals surface area (Å²) < 4.78 is 98.9. The number of aromatic hydroxyl groups is 1. The summed E-state index contributed by atoms with van der Waals surface area (Å²) in [5.74, 6) is 7.81. The molecule has 0 atom stereocenters. The Morgan fingerprint density at radius 1 is 0.147 bits per heavy atom. The Bertz CT molecular complexity index is 5320. The van der Waals surface area contributed by atoms with Crippen molar-refractivity contribution in [2.45, 2.75) is 99.1 Å². The molecular formula is C112H96O17. The van der Waals surface area contributed by atoms with Crippen molar-refractivity contribution in [2.75, 3.05) is 0 Å². The van der Waals surface area contributed by atoms with Gasteiger partial charge in [0, 0.05) is 48.5 Å². The molecule has 0 aliphatic heterocycles. The van der Waals surface area contributed by atoms with Crippen LogP contribution in [0.5, 0.6) is 92.0 Å². The van der Waals surface area contributed by atoms with Crippen molar-refractivity contribution in [3.8, 4) is 92.0 Å². The first-order valence-electron chi connectivity index (χ1n) is 42.6. The van der Waals surface area contributed by atoms with E-state index in [-0.39, 0.29) is 57.6 Å². The number of ether oxygens (including phenoxy) is 15. The Morgan fingerprint density at radius 3 is 0.411 bits per heavy atom. The van der Waals surface area contributed by atoms with Crippen molar-refractivity contribution >= 4 is 6.29 Å². The maximum atomic E-state index is 11.8. The predicted molar refractivity (Wildman–Crippen MR) is 495 cm³/mol. The molecule has 16 rings (SSSR count). The van der Waals surface area contributed by atoms with Crippen LogP contribution in [0.3, 0.4) is 0 Å². The van der Waals surface area contributed by atoms with E-state index < -0.39 is 0 Å². The molecule has 0 heterocycles. The van der Waals surface area contributed by atoms with Crippen LogP contribution in [0.25, 0.3) is 0 Å². The number of benzene rings is 16. The smallest absolute Gasteiger partial charge is 0.153 e. The molecule has 0 saturated heterocycles. The maximum absolute atomic E-state index is 11.8. The molecule has 0 spiro atoms. The highest BCUT2D eigenvalue weighted by Gasteiger charge is 2.18. The monoisotopic (exact) mass is 1710 g/mol. The van der Waals surface area contributed by atoms with Crippen LogP contribution in [0.4, 0.5) is 0 Å². The lowest BCUT2D eigenvalue weighted by atomic mass is 10.1. The van der Waals surface area contributed by atoms with Crippen LogP contribution in [-0.2, 0) is 99.1 Å². The molecule has 16 aromatic rings. The van der Waals surface area contributed by atoms with Crippen molar-refractivity contribution in [3.63, 3.8) is 0 Å². The normalized spacial score (nSPS) is 10.9. The lowest BCUT2D eigenvalue weighted by Crippen LogP contribution is -2.05. The molecule has 646 valence electrons. The molecule has 0 aromatic heterocycles. The number of rotatable bonds is 46. The van der Waals surface area contributed by atoms with Gasteiger partial charge in [0.2, 0.25) is 0 Å². The highest BCUT2D eigenvalue weighted by molar-refractivity contribution is 5.79. The minimum atomic E-state index is -0.219. The van der Waals surface area contributed by atoms with E-state index in [1.54, 1.807) is 6.07 Å². The average molecular weight is 1710 g/mol. The van der Waals surface area contributed by atoms with E-state index in [0.29, 0.717) is 162 Å². The Morgan fingerprint density at radius 2 is 0.279 bits per heavy atom. The van der Waals surface area contributed by atoms with Crippen LogP contribution < -0.4 is 71.1 Å². The van der Waals surface area contributed by atoms with Crippen molar-refractivity contribution in [1.82, 2.24) is 0 Å². The van der Waals surface area contributed by atoms with Crippen LogP contribution in [0.15, 0.2) is 388 Å². The summed E-state index contributed by atoms with van der Waals surface area (Å²) in [6.07, 6.45) is 0.586. The summed E-state index contributed by atoms with van der Waals surface area (Å²) >= 11 is 0. The molecule has 16 aromatic carbocycles. The number of carbonyl (C=O) groups excluding carboxylic acids is 1. The number of carbonyl (C=O) groups is 1. The van der Waals surface area contributed by atoms with E-state index in [4.69, 9.17) is 71.1 Å². The second kappa shape index (κ2) is 45.1. The first-order valence-corrected chi connectivity index (χ1v) is 42.6. The van der Waals surface area contributed by atoms with Gasteiger partial charge in [-0.15, -0.1) is 0 Å². The third-order valence-electron chi connectivity index (χ3n) is 20.5. The molecule has 0 aliphatic carbocycles. The standard InChI is InChI=1S/C112H96O17/c113-65-96-41-42-97(64-112(96)114)115-74-89-43-106(124-79-94-53-108(126-75-90-45-98(116-66-81-25-9-1-10-26-81)57-99(46-90)117-67-82-27-11-2-12-28-82)62-109(54-94)127-76-91-47-100(118-68-83-29-13-3-14-30-83)58-101(48-91)119-69-84-31-15-4-16-32-84)61-107(44-89)125-80-95-55-110(128-77-92-49-102(120-70-85-33-17-5-18-34-85)59-103(50-92)121-71-86-35-19-6-20-36-86)63-111(56-95)129-78-93-51-104(122-72-87-37-21-7-22-38-87)60-105(52-93)123-73-88-39-23-8-24-40-88/h1-65,114H,66-80H2. The molecule has 0 fully saturated rings. The fourth-order valence-electron chi connectivity index (χ4n) is 14.0. The molecule has 17 heteroatoms. The molecule has 0 saturated carbocycles. The van der Waals surface area contributed by atoms with Crippen molar-refractivity contribution in [2.24, 2.45) is 0 Å². The third kappa shape index (κ3) is 27.5. The fraction of sp³-hybridized carbons (Fsp3) is 0.134. The molecule has 0 aliphatic rings. The summed E-state index contributed by atoms with van der Waals surface area (Å²) in [4.78, 5) is 11.8. The van der Waals surface area contributed by atoms with Crippen molar-refractivity contribution < 1.29 is 81.0 Å². The SMILES string of the molecule is O=Cc1ccc(OCc2cc(OCc3cc(OCc4cc(OCc5ccccc5)cc(OCc5ccccc5)c4)cc(OCc4cc(OCc5ccccc5)cc(OCc5ccccc5)c4)c3)cc(OCc3cc(OCc4cc(OCc5ccccc5)cc(OCc5ccccc5)c4)cc(OCc4cc(OCc5ccccc5)cc(OCc5ccccc5)c4)c3)c2)cc1O. The molecule has 0 radical (unpaired) electrons. The summed E-state index contributed by atoms with van der Waals surface area (Å²) in [7, 11) is 0. The van der Waals surface area contributed by atoms with Gasteiger partial charge in [-0.1, -0.05) is 243 Å². The fourth-order valence-corrected chi connectivity index (χ4v) is 14.0. The average Bonchev–Trinajstić information content (AvgIpc) is 0.852. The first-order chi connectivity index (χ1) is 63.6. The second-order valence-electron chi connectivity index (χ2n) is 30.7. The molecular weight excluding hydrogens is 1620 g/mol. The van der Waals surface area contributed by atoms with E-state index in [2.05, 4.69) is 0 Å². The number of phenols is 1. The van der Waals surface area contributed by atoms with Crippen LogP contribution in [0.1, 0.15) is 93.8 Å². The molecule has 0 unspecified atom stereocenters. The zero-order valence-electron chi connectivity index (χ0n) is 71.1. The van der Waals surface area contributed by atoms with Crippen LogP contribution in [0.2, 0.25) is 0 Å². The molecule has 0 amide bonds. The topological polar surface area (TPSA) is 176 Å². The van der Waals surface area contributed by atoms with Crippen LogP contribution >= 0.6 is 0 Å². The van der Waals surface area contributed by atoms with Gasteiger partial charge in [-0.2, -0.15) is 0 Å². The van der Waals surface area contributed by atoms with Gasteiger partial charge < -0.3 is 76.2 Å². The number of phenolic OH excluding ortho intramolecular Hbond substituents is 1. The zero-order chi connectivity index (χ0) is 87.7. The van der Waals surface area contributed by atoms with Crippen molar-refractivity contribution in [1.29, 1.82) is 0 Å². The van der Waals surface area contributed by atoms with Gasteiger partial charge in [0.05, 0.1) is 5.56 Å². The largest absolute Gasteiger partial charge is 0.507 e. The van der Waals surface area contributed by atoms with Gasteiger partial charge in [-0.3, -0.25) is 4.79 Å². The third-order valence-corrected chi connectivity index (χ3v) is 20.5. The van der Waals surface area contributed by atoms with Crippen molar-refractivity contribution in [3.05, 3.63) is 477 Å². The Kier molecular flexibility index (Phi) is 30.2. The van der Waals surface area contributed by atoms with E-state index >= 15 is 0 Å². The molecule has 129 heavy (non-hydrogen) atoms. The molecule has 1 N–H and O–H groups in total. The summed E-state index contributed by atoms with van der Waals surface area (Å²) in [6, 6.07) is 125. The Balaban J connectivity index is 0.704. The Labute approximate surface area is 751 Å². The number of aldehydes is 1. The number of hydrogen-bond acceptors (Lipinski definition) is 17. The maximum Gasteiger partial charge on any atom is 0.153 e. The van der Waals surface area contributed by atoms with E-state index in [9.17, 15) is 9.90 Å². The second-order valence-corrected chi connectivity index (χ2v) is 30.7. The highest BCUT2D eigenvalue weighted by atomic mass is 16.5. The van der Waals surface area contributed by atoms with Gasteiger partial charge >= 0.3 is 0 Å². The lowest BCUT2D eigenvalue weighted by Gasteiger charge is -2.17. The minimum Gasteiger partial charge on any atom is -0.507 e. The first kappa shape index (κ1) is 86.5. The van der Waals surface area contributed by atoms with Gasteiger partial charge in [0.15, 0.2) is 6.29 Å². The quantitative estimate of drug-likeness (QED) is 0.0356. The lowest BCUT2D eigenvalue weighted by molar-refractivity contribution is 0.112. The summed E-state index contributed by atoms with van der Waals surface area (Å²) in [6.45, 7) is 3.25. The summed E-state index contributed by atoms with van der Waals surface area (Å²) in [5, 5.41) is 10.8. The number of hydrogen-bond donors (Lipinski definition) is 1. The highest BCUT2D eigenvalue weighted by Crippen LogP contribution is 2.37. The predicted octanol–water partition coefficient (Wildman–Crippen LogP) is 24.9. The minimum absolute atomic E-state index is 0.0000827. The van der Waals surface area contributed by atoms with Gasteiger partial charge in [0.1, 0.15) is 191 Å². The van der Waals surface area contributed by atoms with E-state index in [1.165, 1.54) is 12.1 Å². The summed E-state index contributed by atoms with van der Waals surface area (Å²) in [5.41, 5.74) is 13.5. The van der Waals surface area contributed by atoms with Gasteiger partial charge in [-0.25, -0.2) is 0 Å². The van der Waals surface area contributed by atoms with E-state index in [1.807, 2.05) is 370 Å². The van der Waals surface area contributed by atoms with Crippen LogP contribution in [0, 0.1) is 0 Å². The van der Waals surface area contributed by atoms with Gasteiger partial charge in [0.25, 0.3) is 0 Å². The Hall–Kier alpha value is -16.0. The van der Waals surface area contributed by atoms with Gasteiger partial charge in [-0.05, 0) is 181 Å². The van der Waals surface area contributed by atoms with Crippen LogP contribution in [-0.4, -0.2) is 11.4 Å². The van der Waals surface area contributed by atoms with E-state index in [0.717, 1.165) is 66.8 Å².